The van der Waals surface area contributed by atoms with E-state index in [0.29, 0.717) is 0 Å². The molecule has 0 aromatic carbocycles. The lowest BCUT2D eigenvalue weighted by molar-refractivity contribution is 0.0599. The predicted octanol–water partition coefficient (Wildman–Crippen LogP) is 0.429. The van der Waals surface area contributed by atoms with Crippen LogP contribution in [0.3, 0.4) is 0 Å². The third-order valence-corrected chi connectivity index (χ3v) is 3.75. The zero-order valence-corrected chi connectivity index (χ0v) is 11.1. The van der Waals surface area contributed by atoms with Crippen LogP contribution in [-0.4, -0.2) is 46.0 Å². The first-order chi connectivity index (χ1) is 8.50. The molecule has 6 nitrogen and oxygen atoms in total. The van der Waals surface area contributed by atoms with Gasteiger partial charge < -0.3 is 9.47 Å². The summed E-state index contributed by atoms with van der Waals surface area (Å²) in [5, 5.41) is 0. The van der Waals surface area contributed by atoms with Gasteiger partial charge in [-0.15, -0.1) is 0 Å². The Morgan fingerprint density at radius 1 is 1.39 bits per heavy atom. The van der Waals surface area contributed by atoms with Gasteiger partial charge in [-0.05, 0) is 12.1 Å². The van der Waals surface area contributed by atoms with Gasteiger partial charge in [0.05, 0.1) is 36.5 Å². The van der Waals surface area contributed by atoms with Crippen LogP contribution in [0.5, 0.6) is 0 Å². The van der Waals surface area contributed by atoms with Gasteiger partial charge >= 0.3 is 5.97 Å². The molecule has 0 radical (unpaired) electrons. The molecule has 0 unspecified atom stereocenters. The highest BCUT2D eigenvalue weighted by Gasteiger charge is 2.19. The number of methoxy groups -OCH3 is 2. The largest absolute Gasteiger partial charge is 0.465 e. The molecule has 0 amide bonds. The Morgan fingerprint density at radius 2 is 2.11 bits per heavy atom. The number of nitrogens with zero attached hydrogens (tertiary/aromatic N) is 1. The van der Waals surface area contributed by atoms with Crippen LogP contribution in [0.15, 0.2) is 18.3 Å². The van der Waals surface area contributed by atoms with Crippen LogP contribution in [0.2, 0.25) is 0 Å². The fraction of sp³-hybridized carbons (Fsp3) is 0.455. The lowest BCUT2D eigenvalue weighted by Gasteiger charge is -2.07. The molecular weight excluding hydrogens is 258 g/mol. The molecule has 0 N–H and O–H groups in total. The van der Waals surface area contributed by atoms with Gasteiger partial charge in [0, 0.05) is 13.3 Å². The fourth-order valence-corrected chi connectivity index (χ4v) is 2.55. The quantitative estimate of drug-likeness (QED) is 0.699. The predicted molar refractivity (Wildman–Crippen MR) is 64.9 cm³/mol. The van der Waals surface area contributed by atoms with E-state index in [-0.39, 0.29) is 29.4 Å². The van der Waals surface area contributed by atoms with Gasteiger partial charge in [-0.2, -0.15) is 0 Å². The Bertz CT molecular complexity index is 512. The minimum atomic E-state index is -3.36. The maximum absolute atomic E-state index is 11.7. The van der Waals surface area contributed by atoms with E-state index in [1.807, 2.05) is 0 Å². The lowest BCUT2D eigenvalue weighted by atomic mass is 10.2. The summed E-state index contributed by atoms with van der Waals surface area (Å²) in [5.41, 5.74) is 0.362. The van der Waals surface area contributed by atoms with Crippen molar-refractivity contribution in [3.05, 3.63) is 29.6 Å². The number of carbonyl (C=O) groups is 1. The Hall–Kier alpha value is -1.47. The number of pyridine rings is 1. The maximum Gasteiger partial charge on any atom is 0.339 e. The van der Waals surface area contributed by atoms with Crippen LogP contribution < -0.4 is 0 Å². The smallest absolute Gasteiger partial charge is 0.339 e. The Balaban J connectivity index is 2.94. The van der Waals surface area contributed by atoms with Crippen molar-refractivity contribution >= 4 is 15.8 Å². The van der Waals surface area contributed by atoms with Gasteiger partial charge in [-0.25, -0.2) is 13.2 Å². The second kappa shape index (κ2) is 6.46. The van der Waals surface area contributed by atoms with E-state index >= 15 is 0 Å². The number of carbonyl (C=O) groups excluding carboxylic acids is 1. The van der Waals surface area contributed by atoms with E-state index in [1.165, 1.54) is 26.5 Å². The molecule has 18 heavy (non-hydrogen) atoms. The van der Waals surface area contributed by atoms with Gasteiger partial charge in [0.25, 0.3) is 0 Å². The molecular formula is C11H15NO5S. The number of aromatic nitrogens is 1. The van der Waals surface area contributed by atoms with E-state index in [9.17, 15) is 13.2 Å². The SMILES string of the molecule is COCCS(=O)(=O)Cc1ncccc1C(=O)OC. The van der Waals surface area contributed by atoms with Crippen LogP contribution in [0.25, 0.3) is 0 Å². The highest BCUT2D eigenvalue weighted by Crippen LogP contribution is 2.11. The summed E-state index contributed by atoms with van der Waals surface area (Å²) >= 11 is 0. The third-order valence-electron chi connectivity index (χ3n) is 2.25. The summed E-state index contributed by atoms with van der Waals surface area (Å²) in [4.78, 5) is 15.4. The molecule has 1 aromatic heterocycles. The Morgan fingerprint density at radius 3 is 2.72 bits per heavy atom. The first kappa shape index (κ1) is 14.6. The molecule has 7 heteroatoms. The van der Waals surface area contributed by atoms with Crippen LogP contribution in [0.4, 0.5) is 0 Å². The van der Waals surface area contributed by atoms with E-state index in [4.69, 9.17) is 4.74 Å². The molecule has 0 fully saturated rings. The molecule has 1 aromatic rings. The van der Waals surface area contributed by atoms with E-state index in [2.05, 4.69) is 9.72 Å². The second-order valence-electron chi connectivity index (χ2n) is 3.57. The van der Waals surface area contributed by atoms with Gasteiger partial charge in [0.1, 0.15) is 0 Å². The number of hydrogen-bond donors (Lipinski definition) is 0. The number of hydrogen-bond acceptors (Lipinski definition) is 6. The van der Waals surface area contributed by atoms with Gasteiger partial charge in [-0.1, -0.05) is 0 Å². The topological polar surface area (TPSA) is 82.6 Å². The van der Waals surface area contributed by atoms with Crippen molar-refractivity contribution in [3.8, 4) is 0 Å². The third kappa shape index (κ3) is 4.08. The Labute approximate surface area is 106 Å². The zero-order valence-electron chi connectivity index (χ0n) is 10.3. The van der Waals surface area contributed by atoms with Crippen LogP contribution in [-0.2, 0) is 25.1 Å². The summed E-state index contributed by atoms with van der Waals surface area (Å²) in [6, 6.07) is 3.04. The summed E-state index contributed by atoms with van der Waals surface area (Å²) < 4.78 is 32.8. The standard InChI is InChI=1S/C11H15NO5S/c1-16-6-7-18(14,15)8-10-9(11(13)17-2)4-3-5-12-10/h3-5H,6-8H2,1-2H3. The molecule has 0 spiro atoms. The molecule has 0 aliphatic heterocycles. The van der Waals surface area contributed by atoms with Crippen molar-refractivity contribution in [2.75, 3.05) is 26.6 Å². The molecule has 1 rings (SSSR count). The van der Waals surface area contributed by atoms with Crippen molar-refractivity contribution in [2.24, 2.45) is 0 Å². The van der Waals surface area contributed by atoms with E-state index in [1.54, 1.807) is 6.07 Å². The number of rotatable bonds is 6. The molecule has 0 aliphatic carbocycles. The minimum Gasteiger partial charge on any atom is -0.465 e. The van der Waals surface area contributed by atoms with Gasteiger partial charge in [0.15, 0.2) is 9.84 Å². The molecule has 0 aliphatic rings. The lowest BCUT2D eigenvalue weighted by Crippen LogP contribution is -2.17. The molecule has 0 bridgehead atoms. The maximum atomic E-state index is 11.7. The van der Waals surface area contributed by atoms with Crippen molar-refractivity contribution in [2.45, 2.75) is 5.75 Å². The van der Waals surface area contributed by atoms with Crippen molar-refractivity contribution in [1.29, 1.82) is 0 Å². The van der Waals surface area contributed by atoms with Gasteiger partial charge in [0.2, 0.25) is 0 Å². The van der Waals surface area contributed by atoms with Gasteiger partial charge in [-0.3, -0.25) is 4.98 Å². The van der Waals surface area contributed by atoms with Crippen molar-refractivity contribution in [1.82, 2.24) is 4.98 Å². The fourth-order valence-electron chi connectivity index (χ4n) is 1.34. The zero-order chi connectivity index (χ0) is 13.6. The average molecular weight is 273 g/mol. The monoisotopic (exact) mass is 273 g/mol. The number of sulfone groups is 1. The molecule has 0 atom stereocenters. The first-order valence-corrected chi connectivity index (χ1v) is 7.04. The summed E-state index contributed by atoms with van der Waals surface area (Å²) in [6.07, 6.45) is 1.44. The van der Waals surface area contributed by atoms with E-state index < -0.39 is 15.8 Å². The Kier molecular flexibility index (Phi) is 5.24. The number of ether oxygens (including phenoxy) is 2. The first-order valence-electron chi connectivity index (χ1n) is 5.21. The highest BCUT2D eigenvalue weighted by molar-refractivity contribution is 7.90. The second-order valence-corrected chi connectivity index (χ2v) is 5.76. The number of esters is 1. The summed E-state index contributed by atoms with van der Waals surface area (Å²) in [6.45, 7) is 0.114. The van der Waals surface area contributed by atoms with Crippen LogP contribution >= 0.6 is 0 Å². The molecule has 100 valence electrons. The molecule has 0 saturated heterocycles. The molecule has 0 saturated carbocycles. The van der Waals surface area contributed by atoms with E-state index in [0.717, 1.165) is 0 Å². The molecule has 1 heterocycles. The van der Waals surface area contributed by atoms with Crippen molar-refractivity contribution < 1.29 is 22.7 Å². The highest BCUT2D eigenvalue weighted by atomic mass is 32.2. The minimum absolute atomic E-state index is 0.110. The summed E-state index contributed by atoms with van der Waals surface area (Å²) in [7, 11) is -0.695. The average Bonchev–Trinajstić information content (AvgIpc) is 2.36. The van der Waals surface area contributed by atoms with Crippen LogP contribution in [0, 0.1) is 0 Å². The normalized spacial score (nSPS) is 11.2. The summed E-state index contributed by atoms with van der Waals surface area (Å²) in [5.74, 6) is -1.01. The van der Waals surface area contributed by atoms with Crippen LogP contribution in [0.1, 0.15) is 16.1 Å². The van der Waals surface area contributed by atoms with Crippen molar-refractivity contribution in [3.63, 3.8) is 0 Å².